The minimum absolute atomic E-state index is 0.129. The predicted molar refractivity (Wildman–Crippen MR) is 147 cm³/mol. The lowest BCUT2D eigenvalue weighted by molar-refractivity contribution is -0.144. The van der Waals surface area contributed by atoms with Crippen LogP contribution in [0.2, 0.25) is 0 Å². The molecule has 3 aliphatic heterocycles. The van der Waals surface area contributed by atoms with E-state index >= 15 is 0 Å². The molecular weight excluding hydrogens is 534 g/mol. The third-order valence-electron chi connectivity index (χ3n) is 7.92. The minimum Gasteiger partial charge on any atom is -0.348 e. The molecule has 0 aromatic carbocycles. The van der Waals surface area contributed by atoms with Gasteiger partial charge in [-0.2, -0.15) is 0 Å². The van der Waals surface area contributed by atoms with Crippen molar-refractivity contribution in [1.82, 2.24) is 36.0 Å². The maximum absolute atomic E-state index is 13.2. The number of Topliss-reactive ketones (excluding diaryl/α,β-unsaturated/α-hetero) is 1. The summed E-state index contributed by atoms with van der Waals surface area (Å²) >= 11 is 0. The van der Waals surface area contributed by atoms with Gasteiger partial charge in [-0.15, -0.1) is 0 Å². The first-order valence-corrected chi connectivity index (χ1v) is 14.4. The Labute approximate surface area is 240 Å². The van der Waals surface area contributed by atoms with E-state index in [1.54, 1.807) is 6.92 Å². The molecule has 3 heterocycles. The summed E-state index contributed by atoms with van der Waals surface area (Å²) in [5, 5.41) is 10.4. The third-order valence-corrected chi connectivity index (χ3v) is 7.92. The number of hydrogen-bond donors (Lipinski definition) is 4. The number of ketones is 1. The lowest BCUT2D eigenvalue weighted by Gasteiger charge is -2.30. The molecule has 3 aliphatic rings. The average molecular weight is 578 g/mol. The molecule has 0 aromatic rings. The van der Waals surface area contributed by atoms with Crippen LogP contribution in [0.5, 0.6) is 0 Å². The van der Waals surface area contributed by atoms with Gasteiger partial charge in [0.25, 0.3) is 0 Å². The summed E-state index contributed by atoms with van der Waals surface area (Å²) in [4.78, 5) is 92.5. The Hall–Kier alpha value is -3.55. The highest BCUT2D eigenvalue weighted by molar-refractivity contribution is 5.96. The number of hydrogen-bond acceptors (Lipinski definition) is 8. The van der Waals surface area contributed by atoms with Crippen molar-refractivity contribution in [2.75, 3.05) is 39.8 Å². The summed E-state index contributed by atoms with van der Waals surface area (Å²) in [5.74, 6) is -2.67. The monoisotopic (exact) mass is 577 g/mol. The molecular formula is C27H43N7O7. The highest BCUT2D eigenvalue weighted by Crippen LogP contribution is 2.21. The molecule has 0 bridgehead atoms. The Balaban J connectivity index is 1.52. The van der Waals surface area contributed by atoms with E-state index < -0.39 is 47.8 Å². The van der Waals surface area contributed by atoms with Crippen LogP contribution in [0.4, 0.5) is 0 Å². The van der Waals surface area contributed by atoms with Crippen LogP contribution in [-0.2, 0) is 33.6 Å². The molecule has 6 amide bonds. The molecule has 3 saturated heterocycles. The van der Waals surface area contributed by atoms with Gasteiger partial charge in [0.05, 0.1) is 19.1 Å². The van der Waals surface area contributed by atoms with E-state index in [4.69, 9.17) is 0 Å². The first-order chi connectivity index (χ1) is 19.4. The van der Waals surface area contributed by atoms with Gasteiger partial charge in [-0.1, -0.05) is 0 Å². The second-order valence-electron chi connectivity index (χ2n) is 11.2. The van der Waals surface area contributed by atoms with Crippen LogP contribution in [0, 0.1) is 0 Å². The molecule has 5 atom stereocenters. The van der Waals surface area contributed by atoms with Gasteiger partial charge in [0, 0.05) is 13.1 Å². The molecule has 0 saturated carbocycles. The van der Waals surface area contributed by atoms with Crippen molar-refractivity contribution < 1.29 is 33.6 Å². The third kappa shape index (κ3) is 8.24. The number of nitrogens with one attached hydrogen (secondary N) is 4. The van der Waals surface area contributed by atoms with Gasteiger partial charge in [0.2, 0.25) is 35.4 Å². The molecule has 4 N–H and O–H groups in total. The summed E-state index contributed by atoms with van der Waals surface area (Å²) in [5.41, 5.74) is 0. The van der Waals surface area contributed by atoms with Crippen LogP contribution < -0.4 is 21.3 Å². The first kappa shape index (κ1) is 32.0. The topological polar surface area (TPSA) is 177 Å². The summed E-state index contributed by atoms with van der Waals surface area (Å²) in [7, 11) is 1.88. The number of rotatable bonds is 11. The van der Waals surface area contributed by atoms with Gasteiger partial charge in [-0.05, 0) is 72.9 Å². The van der Waals surface area contributed by atoms with Crippen molar-refractivity contribution in [1.29, 1.82) is 0 Å². The highest BCUT2D eigenvalue weighted by Gasteiger charge is 2.40. The molecule has 3 fully saturated rings. The standard InChI is InChI=1S/C27H43N7O7/c1-16(35)14-28-22(36)15-29-23(37)20-9-6-12-33(20)26(40)18(3)31-25(39)21-10-7-13-34(21)27(41)17(2)30-24(38)19-8-5-11-32(19)4/h17-21H,5-15H2,1-4H3,(H,28,36)(H,29,37)(H,30,38)(H,31,39)/t17-,18-,19-,20-,21-/m0/s1. The SMILES string of the molecule is CC(=O)CNC(=O)CNC(=O)[C@@H]1CCCN1C(=O)[C@H](C)NC(=O)[C@@H]1CCCN1C(=O)[C@H](C)NC(=O)[C@@H]1CCCN1C. The summed E-state index contributed by atoms with van der Waals surface area (Å²) < 4.78 is 0. The average Bonchev–Trinajstić information content (AvgIpc) is 3.70. The maximum Gasteiger partial charge on any atom is 0.245 e. The van der Waals surface area contributed by atoms with E-state index in [9.17, 15) is 33.6 Å². The van der Waals surface area contributed by atoms with Crippen LogP contribution in [-0.4, -0.2) is 126 Å². The second-order valence-corrected chi connectivity index (χ2v) is 11.2. The number of likely N-dealkylation sites (N-methyl/N-ethyl adjacent to an activating group) is 1. The molecule has 0 aromatic heterocycles. The van der Waals surface area contributed by atoms with E-state index in [-0.39, 0.29) is 36.7 Å². The van der Waals surface area contributed by atoms with Crippen molar-refractivity contribution in [2.24, 2.45) is 0 Å². The fourth-order valence-electron chi connectivity index (χ4n) is 5.66. The fourth-order valence-corrected chi connectivity index (χ4v) is 5.66. The van der Waals surface area contributed by atoms with Gasteiger partial charge in [-0.25, -0.2) is 0 Å². The van der Waals surface area contributed by atoms with E-state index in [0.29, 0.717) is 38.8 Å². The Morgan fingerprint density at radius 2 is 1.12 bits per heavy atom. The molecule has 0 spiro atoms. The normalized spacial score (nSPS) is 24.0. The number of nitrogens with zero attached hydrogens (tertiary/aromatic N) is 3. The lowest BCUT2D eigenvalue weighted by atomic mass is 10.1. The number of carbonyl (C=O) groups is 7. The quantitative estimate of drug-likeness (QED) is 0.216. The molecule has 0 radical (unpaired) electrons. The van der Waals surface area contributed by atoms with Crippen LogP contribution in [0.1, 0.15) is 59.3 Å². The zero-order valence-electron chi connectivity index (χ0n) is 24.4. The van der Waals surface area contributed by atoms with Crippen LogP contribution in [0.3, 0.4) is 0 Å². The van der Waals surface area contributed by atoms with Crippen LogP contribution >= 0.6 is 0 Å². The van der Waals surface area contributed by atoms with Crippen molar-refractivity contribution in [2.45, 2.75) is 89.5 Å². The zero-order chi connectivity index (χ0) is 30.3. The van der Waals surface area contributed by atoms with Crippen molar-refractivity contribution >= 4 is 41.2 Å². The Morgan fingerprint density at radius 3 is 1.61 bits per heavy atom. The Kier molecular flexibility index (Phi) is 11.2. The maximum atomic E-state index is 13.2. The van der Waals surface area contributed by atoms with E-state index in [2.05, 4.69) is 21.3 Å². The number of amides is 6. The summed E-state index contributed by atoms with van der Waals surface area (Å²) in [6.07, 6.45) is 3.71. The summed E-state index contributed by atoms with van der Waals surface area (Å²) in [6, 6.07) is -3.55. The second kappa shape index (κ2) is 14.4. The van der Waals surface area contributed by atoms with Gasteiger partial charge in [0.15, 0.2) is 0 Å². The Bertz CT molecular complexity index is 1050. The summed E-state index contributed by atoms with van der Waals surface area (Å²) in [6.45, 7) is 5.55. The van der Waals surface area contributed by atoms with Crippen molar-refractivity contribution in [3.05, 3.63) is 0 Å². The fraction of sp³-hybridized carbons (Fsp3) is 0.741. The molecule has 0 unspecified atom stereocenters. The van der Waals surface area contributed by atoms with Gasteiger partial charge >= 0.3 is 0 Å². The molecule has 14 nitrogen and oxygen atoms in total. The molecule has 0 aliphatic carbocycles. The molecule has 228 valence electrons. The smallest absolute Gasteiger partial charge is 0.245 e. The van der Waals surface area contributed by atoms with Gasteiger partial charge in [-0.3, -0.25) is 38.5 Å². The molecule has 3 rings (SSSR count). The largest absolute Gasteiger partial charge is 0.348 e. The van der Waals surface area contributed by atoms with Crippen LogP contribution in [0.25, 0.3) is 0 Å². The van der Waals surface area contributed by atoms with Crippen molar-refractivity contribution in [3.8, 4) is 0 Å². The predicted octanol–water partition coefficient (Wildman–Crippen LogP) is -2.11. The van der Waals surface area contributed by atoms with Crippen LogP contribution in [0.15, 0.2) is 0 Å². The van der Waals surface area contributed by atoms with Gasteiger partial charge < -0.3 is 31.1 Å². The van der Waals surface area contributed by atoms with Gasteiger partial charge in [0.1, 0.15) is 30.0 Å². The number of likely N-dealkylation sites (tertiary alicyclic amines) is 3. The first-order valence-electron chi connectivity index (χ1n) is 14.4. The number of carbonyl (C=O) groups excluding carboxylic acids is 7. The highest BCUT2D eigenvalue weighted by atomic mass is 16.2. The minimum atomic E-state index is -0.942. The van der Waals surface area contributed by atoms with E-state index in [1.807, 2.05) is 11.9 Å². The lowest BCUT2D eigenvalue weighted by Crippen LogP contribution is -2.57. The van der Waals surface area contributed by atoms with E-state index in [1.165, 1.54) is 23.6 Å². The molecule has 14 heteroatoms. The zero-order valence-corrected chi connectivity index (χ0v) is 24.4. The molecule has 41 heavy (non-hydrogen) atoms. The van der Waals surface area contributed by atoms with Crippen molar-refractivity contribution in [3.63, 3.8) is 0 Å². The van der Waals surface area contributed by atoms with E-state index in [0.717, 1.165) is 19.4 Å². The Morgan fingerprint density at radius 1 is 0.659 bits per heavy atom.